The van der Waals surface area contributed by atoms with Crippen LogP contribution in [-0.4, -0.2) is 29.0 Å². The molecule has 5 heteroatoms. The van der Waals surface area contributed by atoms with Crippen molar-refractivity contribution in [3.8, 4) is 0 Å². The Morgan fingerprint density at radius 1 is 1.69 bits per heavy atom. The predicted molar refractivity (Wildman–Crippen MR) is 65.8 cm³/mol. The SMILES string of the molecule is CCC(C)N(C)C(=O)Nc1ccnc(Cl)c1. The average Bonchev–Trinajstić information content (AvgIpc) is 2.27. The highest BCUT2D eigenvalue weighted by atomic mass is 35.5. The van der Waals surface area contributed by atoms with Gasteiger partial charge in [-0.1, -0.05) is 18.5 Å². The van der Waals surface area contributed by atoms with E-state index in [0.29, 0.717) is 10.8 Å². The Hall–Kier alpha value is -1.29. The first-order valence-electron chi connectivity index (χ1n) is 5.20. The van der Waals surface area contributed by atoms with Crippen LogP contribution in [0.25, 0.3) is 0 Å². The maximum absolute atomic E-state index is 11.8. The van der Waals surface area contributed by atoms with Crippen LogP contribution in [0.15, 0.2) is 18.3 Å². The number of carbonyl (C=O) groups excluding carboxylic acids is 1. The van der Waals surface area contributed by atoms with Gasteiger partial charge in [0, 0.05) is 25.0 Å². The summed E-state index contributed by atoms with van der Waals surface area (Å²) in [5.74, 6) is 0. The van der Waals surface area contributed by atoms with Gasteiger partial charge in [-0.15, -0.1) is 0 Å². The van der Waals surface area contributed by atoms with Crippen molar-refractivity contribution in [2.45, 2.75) is 26.3 Å². The molecule has 1 unspecified atom stereocenters. The maximum atomic E-state index is 11.8. The summed E-state index contributed by atoms with van der Waals surface area (Å²) in [6.07, 6.45) is 2.47. The van der Waals surface area contributed by atoms with Crippen molar-refractivity contribution in [1.82, 2.24) is 9.88 Å². The van der Waals surface area contributed by atoms with Gasteiger partial charge in [0.1, 0.15) is 5.15 Å². The molecule has 1 atom stereocenters. The Morgan fingerprint density at radius 3 is 2.94 bits per heavy atom. The quantitative estimate of drug-likeness (QED) is 0.827. The Morgan fingerprint density at radius 2 is 2.38 bits per heavy atom. The van der Waals surface area contributed by atoms with Crippen LogP contribution >= 0.6 is 11.6 Å². The number of nitrogens with one attached hydrogen (secondary N) is 1. The number of halogens is 1. The summed E-state index contributed by atoms with van der Waals surface area (Å²) in [5.41, 5.74) is 0.653. The van der Waals surface area contributed by atoms with Gasteiger partial charge < -0.3 is 10.2 Å². The summed E-state index contributed by atoms with van der Waals surface area (Å²) in [6.45, 7) is 4.04. The second-order valence-corrected chi connectivity index (χ2v) is 4.05. The molecule has 1 aromatic rings. The van der Waals surface area contributed by atoms with Gasteiger partial charge in [0.2, 0.25) is 0 Å². The minimum atomic E-state index is -0.142. The Bertz CT molecular complexity index is 370. The highest BCUT2D eigenvalue weighted by molar-refractivity contribution is 6.29. The van der Waals surface area contributed by atoms with Crippen LogP contribution in [-0.2, 0) is 0 Å². The summed E-state index contributed by atoms with van der Waals surface area (Å²) in [6, 6.07) is 3.38. The first-order chi connectivity index (χ1) is 7.54. The van der Waals surface area contributed by atoms with E-state index in [1.54, 1.807) is 30.3 Å². The monoisotopic (exact) mass is 241 g/mol. The van der Waals surface area contributed by atoms with E-state index in [9.17, 15) is 4.79 Å². The topological polar surface area (TPSA) is 45.2 Å². The van der Waals surface area contributed by atoms with Crippen LogP contribution in [0.5, 0.6) is 0 Å². The molecule has 2 amide bonds. The maximum Gasteiger partial charge on any atom is 0.321 e. The van der Waals surface area contributed by atoms with Crippen molar-refractivity contribution in [2.24, 2.45) is 0 Å². The second-order valence-electron chi connectivity index (χ2n) is 3.67. The van der Waals surface area contributed by atoms with Gasteiger partial charge in [-0.3, -0.25) is 0 Å². The van der Waals surface area contributed by atoms with E-state index in [2.05, 4.69) is 10.3 Å². The fourth-order valence-corrected chi connectivity index (χ4v) is 1.34. The van der Waals surface area contributed by atoms with Gasteiger partial charge in [0.15, 0.2) is 0 Å². The van der Waals surface area contributed by atoms with Gasteiger partial charge in [-0.2, -0.15) is 0 Å². The van der Waals surface area contributed by atoms with Crippen LogP contribution in [0.3, 0.4) is 0 Å². The number of urea groups is 1. The lowest BCUT2D eigenvalue weighted by Gasteiger charge is -2.24. The van der Waals surface area contributed by atoms with Crippen molar-refractivity contribution in [2.75, 3.05) is 12.4 Å². The Kier molecular flexibility index (Phi) is 4.55. The zero-order chi connectivity index (χ0) is 12.1. The van der Waals surface area contributed by atoms with E-state index in [1.165, 1.54) is 0 Å². The molecule has 4 nitrogen and oxygen atoms in total. The van der Waals surface area contributed by atoms with Crippen molar-refractivity contribution >= 4 is 23.3 Å². The number of carbonyl (C=O) groups is 1. The normalized spacial score (nSPS) is 12.0. The molecule has 0 aromatic carbocycles. The second kappa shape index (κ2) is 5.70. The van der Waals surface area contributed by atoms with E-state index in [-0.39, 0.29) is 12.1 Å². The summed E-state index contributed by atoms with van der Waals surface area (Å²) >= 11 is 5.72. The molecule has 0 saturated heterocycles. The smallest absolute Gasteiger partial charge is 0.321 e. The lowest BCUT2D eigenvalue weighted by Crippen LogP contribution is -2.37. The molecule has 0 saturated carbocycles. The fraction of sp³-hybridized carbons (Fsp3) is 0.455. The van der Waals surface area contributed by atoms with Crippen molar-refractivity contribution in [1.29, 1.82) is 0 Å². The molecule has 1 heterocycles. The largest absolute Gasteiger partial charge is 0.325 e. The molecule has 0 aliphatic carbocycles. The minimum Gasteiger partial charge on any atom is -0.325 e. The van der Waals surface area contributed by atoms with Crippen molar-refractivity contribution in [3.05, 3.63) is 23.5 Å². The first-order valence-corrected chi connectivity index (χ1v) is 5.57. The minimum absolute atomic E-state index is 0.142. The molecule has 0 bridgehead atoms. The molecule has 88 valence electrons. The molecular formula is C11H16ClN3O. The molecule has 0 fully saturated rings. The summed E-state index contributed by atoms with van der Waals surface area (Å²) in [7, 11) is 1.77. The molecular weight excluding hydrogens is 226 g/mol. The molecule has 0 aliphatic rings. The zero-order valence-corrected chi connectivity index (χ0v) is 10.5. The third-order valence-corrected chi connectivity index (χ3v) is 2.76. The van der Waals surface area contributed by atoms with Gasteiger partial charge in [0.25, 0.3) is 0 Å². The number of nitrogens with zero attached hydrogens (tertiary/aromatic N) is 2. The standard InChI is InChI=1S/C11H16ClN3O/c1-4-8(2)15(3)11(16)14-9-5-6-13-10(12)7-9/h5-8H,4H2,1-3H3,(H,13,14,16). The number of anilines is 1. The number of pyridine rings is 1. The van der Waals surface area contributed by atoms with Gasteiger partial charge in [-0.05, 0) is 25.5 Å². The average molecular weight is 242 g/mol. The number of amides is 2. The molecule has 16 heavy (non-hydrogen) atoms. The lowest BCUT2D eigenvalue weighted by molar-refractivity contribution is 0.206. The molecule has 0 radical (unpaired) electrons. The highest BCUT2D eigenvalue weighted by Gasteiger charge is 2.13. The first kappa shape index (κ1) is 12.8. The molecule has 1 aromatic heterocycles. The summed E-state index contributed by atoms with van der Waals surface area (Å²) in [4.78, 5) is 17.3. The van der Waals surface area contributed by atoms with E-state index >= 15 is 0 Å². The number of hydrogen-bond donors (Lipinski definition) is 1. The highest BCUT2D eigenvalue weighted by Crippen LogP contribution is 2.13. The third-order valence-electron chi connectivity index (χ3n) is 2.55. The molecule has 0 aliphatic heterocycles. The third kappa shape index (κ3) is 3.38. The number of rotatable bonds is 3. The van der Waals surface area contributed by atoms with Crippen molar-refractivity contribution < 1.29 is 4.79 Å². The summed E-state index contributed by atoms with van der Waals surface area (Å²) in [5, 5.41) is 3.13. The van der Waals surface area contributed by atoms with E-state index in [1.807, 2.05) is 13.8 Å². The number of hydrogen-bond acceptors (Lipinski definition) is 2. The van der Waals surface area contributed by atoms with Crippen LogP contribution in [0, 0.1) is 0 Å². The molecule has 1 N–H and O–H groups in total. The van der Waals surface area contributed by atoms with E-state index < -0.39 is 0 Å². The van der Waals surface area contributed by atoms with Crippen LogP contribution in [0.4, 0.5) is 10.5 Å². The zero-order valence-electron chi connectivity index (χ0n) is 9.70. The van der Waals surface area contributed by atoms with Gasteiger partial charge in [0.05, 0.1) is 0 Å². The van der Waals surface area contributed by atoms with Crippen LogP contribution in [0.2, 0.25) is 5.15 Å². The van der Waals surface area contributed by atoms with Crippen LogP contribution in [0.1, 0.15) is 20.3 Å². The van der Waals surface area contributed by atoms with Gasteiger partial charge in [-0.25, -0.2) is 9.78 Å². The Labute approximate surface area is 101 Å². The lowest BCUT2D eigenvalue weighted by atomic mass is 10.2. The van der Waals surface area contributed by atoms with E-state index in [0.717, 1.165) is 6.42 Å². The summed E-state index contributed by atoms with van der Waals surface area (Å²) < 4.78 is 0. The predicted octanol–water partition coefficient (Wildman–Crippen LogP) is 3.00. The van der Waals surface area contributed by atoms with Crippen molar-refractivity contribution in [3.63, 3.8) is 0 Å². The Balaban J connectivity index is 2.64. The van der Waals surface area contributed by atoms with Gasteiger partial charge >= 0.3 is 6.03 Å². The molecule has 0 spiro atoms. The van der Waals surface area contributed by atoms with Crippen LogP contribution < -0.4 is 5.32 Å². The number of aromatic nitrogens is 1. The fourth-order valence-electron chi connectivity index (χ4n) is 1.17. The molecule has 1 rings (SSSR count). The van der Waals surface area contributed by atoms with E-state index in [4.69, 9.17) is 11.6 Å².